The van der Waals surface area contributed by atoms with Gasteiger partial charge in [0.1, 0.15) is 13.2 Å². The summed E-state index contributed by atoms with van der Waals surface area (Å²) in [5.74, 6) is -0.854. The predicted molar refractivity (Wildman–Crippen MR) is 321 cm³/mol. The van der Waals surface area contributed by atoms with Crippen LogP contribution in [0.4, 0.5) is 0 Å². The Labute approximate surface area is 462 Å². The van der Waals surface area contributed by atoms with Crippen LogP contribution >= 0.6 is 0 Å². The van der Waals surface area contributed by atoms with Crippen molar-refractivity contribution in [3.8, 4) is 0 Å². The van der Waals surface area contributed by atoms with Crippen LogP contribution in [0, 0.1) is 0 Å². The van der Waals surface area contributed by atoms with Gasteiger partial charge in [-0.1, -0.05) is 328 Å². The number of carbonyl (C=O) groups excluding carboxylic acids is 3. The van der Waals surface area contributed by atoms with Gasteiger partial charge in [0.15, 0.2) is 6.10 Å². The number of unbranched alkanes of at least 4 members (excludes halogenated alkanes) is 47. The maximum absolute atomic E-state index is 12.9. The molecule has 0 fully saturated rings. The minimum atomic E-state index is -0.773. The lowest BCUT2D eigenvalue weighted by Crippen LogP contribution is -2.30. The van der Waals surface area contributed by atoms with Gasteiger partial charge >= 0.3 is 17.9 Å². The molecule has 0 aromatic rings. The number of ether oxygens (including phenoxy) is 3. The summed E-state index contributed by atoms with van der Waals surface area (Å²) in [5.41, 5.74) is 0. The van der Waals surface area contributed by atoms with E-state index in [-0.39, 0.29) is 31.1 Å². The highest BCUT2D eigenvalue weighted by Crippen LogP contribution is 2.18. The zero-order chi connectivity index (χ0) is 53.6. The monoisotopic (exact) mass is 1040 g/mol. The van der Waals surface area contributed by atoms with Crippen molar-refractivity contribution in [3.05, 3.63) is 24.3 Å². The van der Waals surface area contributed by atoms with Crippen LogP contribution in [0.1, 0.15) is 374 Å². The third-order valence-corrected chi connectivity index (χ3v) is 15.2. The minimum Gasteiger partial charge on any atom is -0.462 e. The molecule has 0 aromatic carbocycles. The van der Waals surface area contributed by atoms with E-state index >= 15 is 0 Å². The zero-order valence-electron chi connectivity index (χ0n) is 50.1. The van der Waals surface area contributed by atoms with Crippen LogP contribution in [0.3, 0.4) is 0 Å². The van der Waals surface area contributed by atoms with Crippen molar-refractivity contribution in [2.75, 3.05) is 13.2 Å². The van der Waals surface area contributed by atoms with E-state index in [9.17, 15) is 14.4 Å². The molecule has 436 valence electrons. The summed E-state index contributed by atoms with van der Waals surface area (Å²) in [6, 6.07) is 0. The summed E-state index contributed by atoms with van der Waals surface area (Å²) >= 11 is 0. The zero-order valence-corrected chi connectivity index (χ0v) is 50.1. The molecule has 74 heavy (non-hydrogen) atoms. The number of hydrogen-bond donors (Lipinski definition) is 0. The van der Waals surface area contributed by atoms with E-state index in [0.29, 0.717) is 19.3 Å². The molecule has 0 saturated carbocycles. The highest BCUT2D eigenvalue weighted by Gasteiger charge is 2.19. The standard InChI is InChI=1S/C68H128O6/c1-4-7-10-13-16-19-22-25-28-30-32-33-34-35-36-38-40-43-46-49-52-55-58-61-67(70)73-64-65(63-72-66(69)60-57-54-51-48-45-42-39-27-24-21-18-15-12-9-6-3)74-68(71)62-59-56-53-50-47-44-41-37-31-29-26-23-20-17-14-11-8-5-2/h18,21,27,39,65H,4-17,19-20,22-26,28-38,40-64H2,1-3H3/b21-18-,39-27-. The lowest BCUT2D eigenvalue weighted by atomic mass is 10.0. The molecule has 0 radical (unpaired) electrons. The first-order chi connectivity index (χ1) is 36.5. The highest BCUT2D eigenvalue weighted by molar-refractivity contribution is 5.71. The molecule has 0 heterocycles. The number of carbonyl (C=O) groups is 3. The van der Waals surface area contributed by atoms with Gasteiger partial charge in [0.05, 0.1) is 0 Å². The number of rotatable bonds is 62. The maximum atomic E-state index is 12.9. The van der Waals surface area contributed by atoms with E-state index in [1.165, 1.54) is 257 Å². The van der Waals surface area contributed by atoms with E-state index in [1.807, 2.05) is 0 Å². The van der Waals surface area contributed by atoms with Gasteiger partial charge < -0.3 is 14.2 Å². The van der Waals surface area contributed by atoms with Gasteiger partial charge in [-0.05, 0) is 51.4 Å². The van der Waals surface area contributed by atoms with E-state index in [1.54, 1.807) is 0 Å². The van der Waals surface area contributed by atoms with Crippen molar-refractivity contribution < 1.29 is 28.6 Å². The second-order valence-corrected chi connectivity index (χ2v) is 22.7. The molecular weight excluding hydrogens is 913 g/mol. The van der Waals surface area contributed by atoms with Crippen molar-refractivity contribution in [1.29, 1.82) is 0 Å². The molecular formula is C68H128O6. The second kappa shape index (κ2) is 63.4. The lowest BCUT2D eigenvalue weighted by molar-refractivity contribution is -0.167. The maximum Gasteiger partial charge on any atom is 0.306 e. The smallest absolute Gasteiger partial charge is 0.306 e. The van der Waals surface area contributed by atoms with Crippen LogP contribution in [-0.4, -0.2) is 37.2 Å². The largest absolute Gasteiger partial charge is 0.462 e. The molecule has 0 saturated heterocycles. The second-order valence-electron chi connectivity index (χ2n) is 22.7. The first-order valence-electron chi connectivity index (χ1n) is 33.3. The summed E-state index contributed by atoms with van der Waals surface area (Å²) < 4.78 is 17.0. The third-order valence-electron chi connectivity index (χ3n) is 15.2. The van der Waals surface area contributed by atoms with Crippen LogP contribution in [-0.2, 0) is 28.6 Å². The molecule has 6 heteroatoms. The molecule has 1 atom stereocenters. The van der Waals surface area contributed by atoms with Crippen LogP contribution in [0.25, 0.3) is 0 Å². The fourth-order valence-electron chi connectivity index (χ4n) is 10.2. The number of allylic oxidation sites excluding steroid dienone is 4. The Morgan fingerprint density at radius 1 is 0.270 bits per heavy atom. The summed E-state index contributed by atoms with van der Waals surface area (Å²) in [6.45, 7) is 6.68. The third kappa shape index (κ3) is 60.8. The normalized spacial score (nSPS) is 12.1. The van der Waals surface area contributed by atoms with Gasteiger partial charge in [-0.2, -0.15) is 0 Å². The van der Waals surface area contributed by atoms with Crippen LogP contribution in [0.5, 0.6) is 0 Å². The van der Waals surface area contributed by atoms with Crippen LogP contribution in [0.2, 0.25) is 0 Å². The molecule has 0 spiro atoms. The van der Waals surface area contributed by atoms with Crippen LogP contribution in [0.15, 0.2) is 24.3 Å². The summed E-state index contributed by atoms with van der Waals surface area (Å²) in [5, 5.41) is 0. The van der Waals surface area contributed by atoms with E-state index in [4.69, 9.17) is 14.2 Å². The van der Waals surface area contributed by atoms with Gasteiger partial charge in [-0.25, -0.2) is 0 Å². The molecule has 0 aliphatic carbocycles. The topological polar surface area (TPSA) is 78.9 Å². The van der Waals surface area contributed by atoms with E-state index < -0.39 is 6.10 Å². The quantitative estimate of drug-likeness (QED) is 0.0261. The first kappa shape index (κ1) is 71.9. The van der Waals surface area contributed by atoms with Gasteiger partial charge in [-0.3, -0.25) is 14.4 Å². The van der Waals surface area contributed by atoms with E-state index in [0.717, 1.165) is 77.0 Å². The molecule has 0 aliphatic rings. The molecule has 0 aliphatic heterocycles. The highest BCUT2D eigenvalue weighted by atomic mass is 16.6. The van der Waals surface area contributed by atoms with Gasteiger partial charge in [-0.15, -0.1) is 0 Å². The number of hydrogen-bond acceptors (Lipinski definition) is 6. The summed E-state index contributed by atoms with van der Waals surface area (Å²) in [7, 11) is 0. The Bertz CT molecular complexity index is 1190. The van der Waals surface area contributed by atoms with E-state index in [2.05, 4.69) is 45.1 Å². The fourth-order valence-corrected chi connectivity index (χ4v) is 10.2. The van der Waals surface area contributed by atoms with Crippen molar-refractivity contribution >= 4 is 17.9 Å². The Balaban J connectivity index is 4.27. The van der Waals surface area contributed by atoms with Crippen LogP contribution < -0.4 is 0 Å². The van der Waals surface area contributed by atoms with Crippen molar-refractivity contribution in [2.45, 2.75) is 380 Å². The van der Waals surface area contributed by atoms with Gasteiger partial charge in [0.2, 0.25) is 0 Å². The molecule has 1 unspecified atom stereocenters. The molecule has 0 aromatic heterocycles. The molecule has 0 bridgehead atoms. The minimum absolute atomic E-state index is 0.0694. The lowest BCUT2D eigenvalue weighted by Gasteiger charge is -2.18. The Kier molecular flexibility index (Phi) is 61.6. The fraction of sp³-hybridized carbons (Fsp3) is 0.897. The average Bonchev–Trinajstić information content (AvgIpc) is 3.40. The first-order valence-corrected chi connectivity index (χ1v) is 33.3. The van der Waals surface area contributed by atoms with Crippen molar-refractivity contribution in [1.82, 2.24) is 0 Å². The number of esters is 3. The average molecular weight is 1040 g/mol. The predicted octanol–water partition coefficient (Wildman–Crippen LogP) is 22.6. The molecule has 0 rings (SSSR count). The van der Waals surface area contributed by atoms with Gasteiger partial charge in [0.25, 0.3) is 0 Å². The Morgan fingerprint density at radius 3 is 0.770 bits per heavy atom. The van der Waals surface area contributed by atoms with Gasteiger partial charge in [0, 0.05) is 19.3 Å². The Morgan fingerprint density at radius 2 is 0.486 bits per heavy atom. The molecule has 6 nitrogen and oxygen atoms in total. The Hall–Kier alpha value is -2.11. The van der Waals surface area contributed by atoms with Crippen molar-refractivity contribution in [3.63, 3.8) is 0 Å². The molecule has 0 N–H and O–H groups in total. The summed E-state index contributed by atoms with van der Waals surface area (Å²) in [6.07, 6.45) is 76.2. The van der Waals surface area contributed by atoms with Crippen molar-refractivity contribution in [2.24, 2.45) is 0 Å². The molecule has 0 amide bonds. The SMILES string of the molecule is CCCCC/C=C\C/C=C\CCCCCCCC(=O)OCC(COC(=O)CCCCCCCCCCCCCCCCCCCCCCCCC)OC(=O)CCCCCCCCCCCCCCCCCCCC. The summed E-state index contributed by atoms with van der Waals surface area (Å²) in [4.78, 5) is 38.3.